The van der Waals surface area contributed by atoms with Gasteiger partial charge in [0.25, 0.3) is 0 Å². The first-order valence-corrected chi connectivity index (χ1v) is 8.67. The van der Waals surface area contributed by atoms with Crippen LogP contribution in [0.5, 0.6) is 5.75 Å². The van der Waals surface area contributed by atoms with E-state index in [1.807, 2.05) is 32.9 Å². The Morgan fingerprint density at radius 1 is 1.05 bits per heavy atom. The molecule has 0 aromatic heterocycles. The Bertz CT molecular complexity index is 311. The number of unbranched alkanes of at least 4 members (excludes halogenated alkanes) is 2. The zero-order valence-electron chi connectivity index (χ0n) is 16.2. The third kappa shape index (κ3) is 21.0. The van der Waals surface area contributed by atoms with Crippen LogP contribution in [-0.4, -0.2) is 12.9 Å². The van der Waals surface area contributed by atoms with E-state index in [0.717, 1.165) is 12.2 Å². The van der Waals surface area contributed by atoms with Crippen molar-refractivity contribution >= 4 is 5.78 Å². The number of aryl methyl sites for hydroxylation is 1. The second kappa shape index (κ2) is 22.0. The van der Waals surface area contributed by atoms with Gasteiger partial charge in [-0.1, -0.05) is 72.9 Å². The Morgan fingerprint density at radius 3 is 1.82 bits per heavy atom. The van der Waals surface area contributed by atoms with Gasteiger partial charge in [0.1, 0.15) is 11.5 Å². The Morgan fingerprint density at radius 2 is 1.55 bits per heavy atom. The minimum atomic E-state index is 0.255. The fourth-order valence-electron chi connectivity index (χ4n) is 1.25. The molecule has 1 aromatic rings. The number of ketones is 1. The number of benzene rings is 1. The molecule has 0 spiro atoms. The van der Waals surface area contributed by atoms with Gasteiger partial charge in [-0.25, -0.2) is 0 Å². The molecule has 0 atom stereocenters. The molecule has 1 rings (SSSR count). The lowest BCUT2D eigenvalue weighted by atomic mass is 10.2. The number of hydrogen-bond donors (Lipinski definition) is 0. The lowest BCUT2D eigenvalue weighted by Gasteiger charge is -2.00. The van der Waals surface area contributed by atoms with E-state index >= 15 is 0 Å². The van der Waals surface area contributed by atoms with Gasteiger partial charge >= 0.3 is 0 Å². The minimum absolute atomic E-state index is 0.255. The van der Waals surface area contributed by atoms with E-state index in [1.54, 1.807) is 14.0 Å². The van der Waals surface area contributed by atoms with Gasteiger partial charge in [-0.05, 0) is 31.0 Å². The number of carbonyl (C=O) groups excluding carboxylic acids is 1. The maximum absolute atomic E-state index is 9.81. The highest BCUT2D eigenvalue weighted by atomic mass is 16.5. The summed E-state index contributed by atoms with van der Waals surface area (Å²) >= 11 is 0. The van der Waals surface area contributed by atoms with Crippen LogP contribution < -0.4 is 4.74 Å². The standard InChI is InChI=1S/C9H12O.C5H12.C4H8O.C2H6/c1-3-8-5-4-6-9(7-8)10-2;1-3-5-4-2;1-3-4(2)5;1-2/h4-7H,3H2,1-2H3;3-5H2,1-2H3;3H2,1-2H3;1-2H3. The van der Waals surface area contributed by atoms with Crippen LogP contribution in [0.15, 0.2) is 24.3 Å². The second-order valence-corrected chi connectivity index (χ2v) is 4.61. The second-order valence-electron chi connectivity index (χ2n) is 4.61. The largest absolute Gasteiger partial charge is 0.497 e. The van der Waals surface area contributed by atoms with Gasteiger partial charge in [0.2, 0.25) is 0 Å². The molecule has 0 amide bonds. The maximum atomic E-state index is 9.81. The highest BCUT2D eigenvalue weighted by Crippen LogP contribution is 2.12. The summed E-state index contributed by atoms with van der Waals surface area (Å²) in [4.78, 5) is 9.81. The molecule has 0 aliphatic heterocycles. The van der Waals surface area contributed by atoms with Gasteiger partial charge < -0.3 is 9.53 Å². The first kappa shape index (κ1) is 25.6. The van der Waals surface area contributed by atoms with Crippen molar-refractivity contribution in [3.05, 3.63) is 29.8 Å². The molecule has 0 radical (unpaired) electrons. The first-order valence-electron chi connectivity index (χ1n) is 8.67. The zero-order valence-corrected chi connectivity index (χ0v) is 16.2. The average molecular weight is 311 g/mol. The van der Waals surface area contributed by atoms with Crippen molar-refractivity contribution in [2.75, 3.05) is 7.11 Å². The van der Waals surface area contributed by atoms with Crippen molar-refractivity contribution in [2.45, 2.75) is 80.6 Å². The number of methoxy groups -OCH3 is 1. The summed E-state index contributed by atoms with van der Waals surface area (Å²) in [6.45, 7) is 14.0. The van der Waals surface area contributed by atoms with E-state index in [-0.39, 0.29) is 5.78 Å². The molecule has 0 heterocycles. The molecular formula is C20H38O2. The van der Waals surface area contributed by atoms with Crippen LogP contribution in [-0.2, 0) is 11.2 Å². The van der Waals surface area contributed by atoms with Crippen LogP contribution in [0, 0.1) is 0 Å². The van der Waals surface area contributed by atoms with E-state index in [1.165, 1.54) is 24.8 Å². The summed E-state index contributed by atoms with van der Waals surface area (Å²) in [5.74, 6) is 1.20. The van der Waals surface area contributed by atoms with Gasteiger partial charge in [-0.2, -0.15) is 0 Å². The number of rotatable bonds is 5. The van der Waals surface area contributed by atoms with Crippen molar-refractivity contribution < 1.29 is 9.53 Å². The van der Waals surface area contributed by atoms with Crippen LogP contribution in [0.1, 0.15) is 79.7 Å². The van der Waals surface area contributed by atoms with Crippen LogP contribution in [0.2, 0.25) is 0 Å². The Balaban J connectivity index is -0.000000257. The lowest BCUT2D eigenvalue weighted by molar-refractivity contribution is -0.116. The molecule has 2 heteroatoms. The summed E-state index contributed by atoms with van der Waals surface area (Å²) < 4.78 is 5.06. The SMILES string of the molecule is CC.CCC(C)=O.CCCCC.CCc1cccc(OC)c1. The van der Waals surface area contributed by atoms with Crippen molar-refractivity contribution in [2.24, 2.45) is 0 Å². The van der Waals surface area contributed by atoms with Crippen LogP contribution in [0.4, 0.5) is 0 Å². The van der Waals surface area contributed by atoms with E-state index in [4.69, 9.17) is 4.74 Å². The van der Waals surface area contributed by atoms with Crippen LogP contribution >= 0.6 is 0 Å². The molecule has 0 aliphatic carbocycles. The normalized spacial score (nSPS) is 8.18. The van der Waals surface area contributed by atoms with Crippen molar-refractivity contribution in [3.8, 4) is 5.75 Å². The Hall–Kier alpha value is -1.31. The fraction of sp³-hybridized carbons (Fsp3) is 0.650. The third-order valence-electron chi connectivity index (χ3n) is 2.75. The number of carbonyl (C=O) groups is 1. The highest BCUT2D eigenvalue weighted by Gasteiger charge is 1.90. The Labute approximate surface area is 139 Å². The summed E-state index contributed by atoms with van der Waals surface area (Å²) in [5, 5.41) is 0. The quantitative estimate of drug-likeness (QED) is 0.623. The van der Waals surface area contributed by atoms with E-state index in [9.17, 15) is 4.79 Å². The molecule has 2 nitrogen and oxygen atoms in total. The van der Waals surface area contributed by atoms with Crippen LogP contribution in [0.25, 0.3) is 0 Å². The van der Waals surface area contributed by atoms with Gasteiger partial charge in [0.05, 0.1) is 7.11 Å². The molecule has 1 aromatic carbocycles. The van der Waals surface area contributed by atoms with E-state index in [0.29, 0.717) is 6.42 Å². The molecule has 0 aliphatic rings. The van der Waals surface area contributed by atoms with Gasteiger partial charge in [-0.15, -0.1) is 0 Å². The average Bonchev–Trinajstić information content (AvgIpc) is 2.58. The summed E-state index contributed by atoms with van der Waals surface area (Å²) in [6, 6.07) is 8.12. The first-order chi connectivity index (χ1) is 10.5. The maximum Gasteiger partial charge on any atom is 0.129 e. The molecule has 0 fully saturated rings. The number of Topliss-reactive ketones (excluding diaryl/α,β-unsaturated/α-hetero) is 1. The van der Waals surface area contributed by atoms with Crippen LogP contribution in [0.3, 0.4) is 0 Å². The molecule has 0 unspecified atom stereocenters. The molecule has 130 valence electrons. The summed E-state index contributed by atoms with van der Waals surface area (Å²) in [6.07, 6.45) is 5.81. The predicted octanol–water partition coefficient (Wildman–Crippen LogP) is 6.47. The number of hydrogen-bond acceptors (Lipinski definition) is 2. The summed E-state index contributed by atoms with van der Waals surface area (Å²) in [5.41, 5.74) is 1.32. The molecule has 0 saturated carbocycles. The van der Waals surface area contributed by atoms with Gasteiger partial charge in [-0.3, -0.25) is 0 Å². The molecule has 0 saturated heterocycles. The summed E-state index contributed by atoms with van der Waals surface area (Å²) in [7, 11) is 1.69. The Kier molecular flexibility index (Phi) is 25.6. The molecule has 22 heavy (non-hydrogen) atoms. The monoisotopic (exact) mass is 310 g/mol. The molecule has 0 bridgehead atoms. The van der Waals surface area contributed by atoms with Gasteiger partial charge in [0, 0.05) is 6.42 Å². The van der Waals surface area contributed by atoms with E-state index in [2.05, 4.69) is 32.9 Å². The van der Waals surface area contributed by atoms with Gasteiger partial charge in [0.15, 0.2) is 0 Å². The zero-order chi connectivity index (χ0) is 17.8. The minimum Gasteiger partial charge on any atom is -0.497 e. The predicted molar refractivity (Wildman–Crippen MR) is 99.9 cm³/mol. The van der Waals surface area contributed by atoms with Crippen molar-refractivity contribution in [1.82, 2.24) is 0 Å². The third-order valence-corrected chi connectivity index (χ3v) is 2.75. The molecular weight excluding hydrogens is 272 g/mol. The highest BCUT2D eigenvalue weighted by molar-refractivity contribution is 5.74. The lowest BCUT2D eigenvalue weighted by Crippen LogP contribution is -1.84. The van der Waals surface area contributed by atoms with Crippen molar-refractivity contribution in [3.63, 3.8) is 0 Å². The van der Waals surface area contributed by atoms with Crippen molar-refractivity contribution in [1.29, 1.82) is 0 Å². The number of ether oxygens (including phenoxy) is 1. The molecule has 0 N–H and O–H groups in total. The topological polar surface area (TPSA) is 26.3 Å². The fourth-order valence-corrected chi connectivity index (χ4v) is 1.25. The van der Waals surface area contributed by atoms with E-state index < -0.39 is 0 Å². The smallest absolute Gasteiger partial charge is 0.129 e.